The van der Waals surface area contributed by atoms with Crippen molar-refractivity contribution < 1.29 is 0 Å². The number of nitrogens with one attached hydrogen (secondary N) is 1. The fourth-order valence-corrected chi connectivity index (χ4v) is 2.91. The molecule has 0 saturated heterocycles. The third-order valence-corrected chi connectivity index (χ3v) is 4.43. The number of aromatic nitrogens is 3. The first kappa shape index (κ1) is 11.0. The third-order valence-electron chi connectivity index (χ3n) is 3.76. The molecule has 1 fully saturated rings. The van der Waals surface area contributed by atoms with Crippen molar-refractivity contribution in [3.63, 3.8) is 0 Å². The van der Waals surface area contributed by atoms with Crippen LogP contribution in [0, 0.1) is 5.92 Å². The molecule has 1 N–H and O–H groups in total. The van der Waals surface area contributed by atoms with Crippen LogP contribution in [0.25, 0.3) is 11.0 Å². The molecule has 0 aromatic carbocycles. The smallest absolute Gasteiger partial charge is 0.142 e. The van der Waals surface area contributed by atoms with Crippen molar-refractivity contribution in [1.29, 1.82) is 0 Å². The summed E-state index contributed by atoms with van der Waals surface area (Å²) in [4.78, 5) is 14.1. The first-order valence-corrected chi connectivity index (χ1v) is 6.82. The average molecular weight is 248 g/mol. The van der Waals surface area contributed by atoms with Gasteiger partial charge >= 0.3 is 0 Å². The monoisotopic (exact) mass is 248 g/mol. The van der Waals surface area contributed by atoms with Crippen LogP contribution in [-0.4, -0.2) is 34.2 Å². The van der Waals surface area contributed by atoms with Gasteiger partial charge in [-0.05, 0) is 31.0 Å². The van der Waals surface area contributed by atoms with E-state index >= 15 is 0 Å². The van der Waals surface area contributed by atoms with Crippen LogP contribution in [0.15, 0.2) is 18.6 Å². The molecule has 0 amide bonds. The Morgan fingerprint density at radius 1 is 1.47 bits per heavy atom. The quantitative estimate of drug-likeness (QED) is 0.845. The van der Waals surface area contributed by atoms with Crippen LogP contribution in [-0.2, 0) is 0 Å². The Morgan fingerprint density at radius 2 is 2.29 bits per heavy atom. The zero-order valence-electron chi connectivity index (χ0n) is 9.93. The lowest BCUT2D eigenvalue weighted by Gasteiger charge is -2.41. The highest BCUT2D eigenvalue weighted by atomic mass is 31.0. The molecule has 0 radical (unpaired) electrons. The normalized spacial score (nSPS) is 23.6. The second kappa shape index (κ2) is 4.26. The maximum atomic E-state index is 4.42. The molecule has 1 saturated carbocycles. The van der Waals surface area contributed by atoms with Crippen LogP contribution in [0.2, 0.25) is 0 Å². The van der Waals surface area contributed by atoms with Gasteiger partial charge in [-0.15, -0.1) is 9.24 Å². The minimum atomic E-state index is 0.633. The summed E-state index contributed by atoms with van der Waals surface area (Å²) in [5, 5.41) is 1.12. The Kier molecular flexibility index (Phi) is 2.75. The first-order chi connectivity index (χ1) is 8.29. The zero-order valence-corrected chi connectivity index (χ0v) is 11.1. The molecule has 0 aliphatic heterocycles. The fourth-order valence-electron chi connectivity index (χ4n) is 2.52. The summed E-state index contributed by atoms with van der Waals surface area (Å²) >= 11 is 0. The Balaban J connectivity index is 1.86. The Hall–Kier alpha value is -1.15. The summed E-state index contributed by atoms with van der Waals surface area (Å²) in [5.41, 5.74) is 0.920. The van der Waals surface area contributed by atoms with Crippen LogP contribution in [0.1, 0.15) is 12.8 Å². The highest BCUT2D eigenvalue weighted by Crippen LogP contribution is 2.35. The van der Waals surface area contributed by atoms with Gasteiger partial charge in [-0.3, -0.25) is 0 Å². The van der Waals surface area contributed by atoms with Crippen LogP contribution < -0.4 is 4.90 Å². The number of H-pyrrole nitrogens is 1. The number of hydrogen-bond donors (Lipinski definition) is 1. The lowest BCUT2D eigenvalue weighted by Crippen LogP contribution is -2.43. The van der Waals surface area contributed by atoms with Gasteiger partial charge in [-0.25, -0.2) is 9.97 Å². The summed E-state index contributed by atoms with van der Waals surface area (Å²) in [6, 6.07) is 2.68. The van der Waals surface area contributed by atoms with E-state index in [0.717, 1.165) is 22.8 Å². The van der Waals surface area contributed by atoms with Gasteiger partial charge in [-0.2, -0.15) is 0 Å². The van der Waals surface area contributed by atoms with Crippen molar-refractivity contribution >= 4 is 26.1 Å². The number of aromatic amines is 1. The van der Waals surface area contributed by atoms with Crippen molar-refractivity contribution in [3.8, 4) is 0 Å². The van der Waals surface area contributed by atoms with Crippen molar-refractivity contribution in [2.45, 2.75) is 18.9 Å². The SMILES string of the molecule is CN(c1ncnc2[nH]ccc12)C1CC(CP)C1. The van der Waals surface area contributed by atoms with E-state index in [0.29, 0.717) is 6.04 Å². The molecule has 1 atom stereocenters. The number of hydrogen-bond acceptors (Lipinski definition) is 3. The van der Waals surface area contributed by atoms with Gasteiger partial charge in [0.25, 0.3) is 0 Å². The zero-order chi connectivity index (χ0) is 11.8. The average Bonchev–Trinajstić information content (AvgIpc) is 2.74. The van der Waals surface area contributed by atoms with Gasteiger partial charge in [0.15, 0.2) is 0 Å². The lowest BCUT2D eigenvalue weighted by atomic mass is 9.81. The molecule has 90 valence electrons. The standard InChI is InChI=1S/C12H17N4P/c1-16(9-4-8(5-9)6-17)12-10-2-3-13-11(10)14-7-15-12/h2-3,7-9H,4-6,17H2,1H3,(H,13,14,15). The highest BCUT2D eigenvalue weighted by molar-refractivity contribution is 7.16. The van der Waals surface area contributed by atoms with E-state index in [1.54, 1.807) is 6.33 Å². The second-order valence-electron chi connectivity index (χ2n) is 4.78. The largest absolute Gasteiger partial charge is 0.356 e. The predicted octanol–water partition coefficient (Wildman–Crippen LogP) is 2.05. The van der Waals surface area contributed by atoms with Crippen molar-refractivity contribution in [2.24, 2.45) is 5.92 Å². The van der Waals surface area contributed by atoms with E-state index in [2.05, 4.69) is 36.1 Å². The van der Waals surface area contributed by atoms with Crippen molar-refractivity contribution in [2.75, 3.05) is 18.1 Å². The topological polar surface area (TPSA) is 44.8 Å². The minimum Gasteiger partial charge on any atom is -0.356 e. The summed E-state index contributed by atoms with van der Waals surface area (Å²) in [7, 11) is 4.98. The van der Waals surface area contributed by atoms with Gasteiger partial charge in [0.2, 0.25) is 0 Å². The molecule has 4 nitrogen and oxygen atoms in total. The van der Waals surface area contributed by atoms with Crippen LogP contribution in [0.3, 0.4) is 0 Å². The van der Waals surface area contributed by atoms with Crippen LogP contribution >= 0.6 is 9.24 Å². The molecule has 1 aliphatic rings. The lowest BCUT2D eigenvalue weighted by molar-refractivity contribution is 0.285. The first-order valence-electron chi connectivity index (χ1n) is 6.00. The number of rotatable bonds is 3. The van der Waals surface area contributed by atoms with E-state index in [9.17, 15) is 0 Å². The van der Waals surface area contributed by atoms with Crippen molar-refractivity contribution in [1.82, 2.24) is 15.0 Å². The molecule has 17 heavy (non-hydrogen) atoms. The number of nitrogens with zero attached hydrogens (tertiary/aromatic N) is 3. The number of fused-ring (bicyclic) bond motifs is 1. The highest BCUT2D eigenvalue weighted by Gasteiger charge is 2.32. The summed E-state index contributed by atoms with van der Waals surface area (Å²) < 4.78 is 0. The molecule has 0 spiro atoms. The Morgan fingerprint density at radius 3 is 3.06 bits per heavy atom. The van der Waals surface area contributed by atoms with Gasteiger partial charge in [0, 0.05) is 19.3 Å². The molecule has 2 aromatic rings. The van der Waals surface area contributed by atoms with E-state index < -0.39 is 0 Å². The second-order valence-corrected chi connectivity index (χ2v) is 5.25. The minimum absolute atomic E-state index is 0.633. The summed E-state index contributed by atoms with van der Waals surface area (Å²) in [5.74, 6) is 1.92. The Labute approximate surface area is 103 Å². The van der Waals surface area contributed by atoms with Gasteiger partial charge in [0.05, 0.1) is 5.39 Å². The van der Waals surface area contributed by atoms with Gasteiger partial charge < -0.3 is 9.88 Å². The van der Waals surface area contributed by atoms with E-state index in [1.807, 2.05) is 12.3 Å². The fraction of sp³-hybridized carbons (Fsp3) is 0.500. The molecule has 2 aromatic heterocycles. The number of anilines is 1. The molecule has 2 heterocycles. The maximum absolute atomic E-state index is 4.42. The Bertz CT molecular complexity index is 518. The molecule has 1 aliphatic carbocycles. The predicted molar refractivity (Wildman–Crippen MR) is 73.4 cm³/mol. The third kappa shape index (κ3) is 1.81. The van der Waals surface area contributed by atoms with E-state index in [-0.39, 0.29) is 0 Å². The maximum Gasteiger partial charge on any atom is 0.142 e. The molecule has 1 unspecified atom stereocenters. The van der Waals surface area contributed by atoms with Crippen LogP contribution in [0.5, 0.6) is 0 Å². The summed E-state index contributed by atoms with van der Waals surface area (Å²) in [6.07, 6.45) is 7.32. The summed E-state index contributed by atoms with van der Waals surface area (Å²) in [6.45, 7) is 0. The van der Waals surface area contributed by atoms with Crippen molar-refractivity contribution in [3.05, 3.63) is 18.6 Å². The molecular formula is C12H17N4P. The molecule has 3 rings (SSSR count). The van der Waals surface area contributed by atoms with Crippen LogP contribution in [0.4, 0.5) is 5.82 Å². The van der Waals surface area contributed by atoms with Gasteiger partial charge in [0.1, 0.15) is 17.8 Å². The molecule has 0 bridgehead atoms. The van der Waals surface area contributed by atoms with E-state index in [1.165, 1.54) is 19.0 Å². The van der Waals surface area contributed by atoms with Gasteiger partial charge in [-0.1, -0.05) is 0 Å². The van der Waals surface area contributed by atoms with E-state index in [4.69, 9.17) is 0 Å². The molecule has 5 heteroatoms. The molecular weight excluding hydrogens is 231 g/mol.